The third-order valence-corrected chi connectivity index (χ3v) is 4.87. The molecule has 0 spiro atoms. The largest absolute Gasteiger partial charge is 0.417 e. The van der Waals surface area contributed by atoms with Crippen LogP contribution in [0.5, 0.6) is 0 Å². The zero-order chi connectivity index (χ0) is 21.5. The first-order chi connectivity index (χ1) is 14.2. The number of nitrogens with one attached hydrogen (secondary N) is 2. The van der Waals surface area contributed by atoms with Crippen molar-refractivity contribution in [2.24, 2.45) is 5.92 Å². The number of aryl methyl sites for hydroxylation is 1. The second-order valence-electron chi connectivity index (χ2n) is 7.21. The van der Waals surface area contributed by atoms with Crippen LogP contribution in [-0.2, 0) is 11.0 Å². The molecule has 4 rings (SSSR count). The summed E-state index contributed by atoms with van der Waals surface area (Å²) in [6.07, 6.45) is 0.750. The molecule has 3 aromatic rings. The van der Waals surface area contributed by atoms with E-state index in [-0.39, 0.29) is 23.1 Å². The van der Waals surface area contributed by atoms with Crippen LogP contribution >= 0.6 is 0 Å². The number of anilines is 1. The number of H-pyrrole nitrogens is 1. The normalized spacial score (nSPS) is 13.9. The summed E-state index contributed by atoms with van der Waals surface area (Å²) in [5.41, 5.74) is 0.0238. The maximum Gasteiger partial charge on any atom is 0.417 e. The zero-order valence-electron chi connectivity index (χ0n) is 15.9. The quantitative estimate of drug-likeness (QED) is 0.671. The molecule has 6 nitrogen and oxygen atoms in total. The van der Waals surface area contributed by atoms with E-state index in [1.165, 1.54) is 12.1 Å². The van der Waals surface area contributed by atoms with Gasteiger partial charge in [-0.3, -0.25) is 14.6 Å². The lowest BCUT2D eigenvalue weighted by molar-refractivity contribution is -0.137. The Kier molecular flexibility index (Phi) is 4.89. The second kappa shape index (κ2) is 7.40. The molecule has 30 heavy (non-hydrogen) atoms. The summed E-state index contributed by atoms with van der Waals surface area (Å²) in [6, 6.07) is 5.23. The van der Waals surface area contributed by atoms with E-state index < -0.39 is 17.3 Å². The van der Waals surface area contributed by atoms with E-state index in [0.717, 1.165) is 31.3 Å². The minimum atomic E-state index is -4.60. The number of rotatable bonds is 4. The average Bonchev–Trinajstić information content (AvgIpc) is 3.54. The number of halogens is 3. The predicted octanol–water partition coefficient (Wildman–Crippen LogP) is 4.17. The molecule has 0 bridgehead atoms. The van der Waals surface area contributed by atoms with Gasteiger partial charge in [0.25, 0.3) is 0 Å². The molecule has 3 heterocycles. The van der Waals surface area contributed by atoms with Crippen LogP contribution < -0.4 is 10.9 Å². The van der Waals surface area contributed by atoms with Crippen LogP contribution in [0.3, 0.4) is 0 Å². The van der Waals surface area contributed by atoms with Crippen molar-refractivity contribution < 1.29 is 18.0 Å². The Balaban J connectivity index is 1.78. The topological polar surface area (TPSA) is 87.7 Å². The van der Waals surface area contributed by atoms with E-state index in [1.807, 2.05) is 0 Å². The number of pyridine rings is 3. The van der Waals surface area contributed by atoms with Gasteiger partial charge in [-0.15, -0.1) is 0 Å². The predicted molar refractivity (Wildman–Crippen MR) is 105 cm³/mol. The van der Waals surface area contributed by atoms with Crippen molar-refractivity contribution in [3.8, 4) is 22.4 Å². The molecule has 0 unspecified atom stereocenters. The van der Waals surface area contributed by atoms with Crippen molar-refractivity contribution in [1.82, 2.24) is 15.0 Å². The minimum absolute atomic E-state index is 0.00213. The lowest BCUT2D eigenvalue weighted by Crippen LogP contribution is -2.14. The standard InChI is InChI=1S/C21H17F3N4O2/c1-11-9-26-18(28-20(30)12-2-3-12)8-14(11)13-6-17(27-19(29)7-13)15-10-25-5-4-16(15)21(22,23)24/h4-10,12H,2-3H2,1H3,(H,27,29)(H,26,28,30). The van der Waals surface area contributed by atoms with Gasteiger partial charge < -0.3 is 10.3 Å². The lowest BCUT2D eigenvalue weighted by Gasteiger charge is -2.14. The van der Waals surface area contributed by atoms with Gasteiger partial charge in [0.05, 0.1) is 11.3 Å². The maximum absolute atomic E-state index is 13.4. The van der Waals surface area contributed by atoms with E-state index in [0.29, 0.717) is 22.5 Å². The molecule has 1 aliphatic rings. The first kappa shape index (κ1) is 19.8. The maximum atomic E-state index is 13.4. The Morgan fingerprint density at radius 2 is 1.93 bits per heavy atom. The van der Waals surface area contributed by atoms with E-state index >= 15 is 0 Å². The molecule has 2 N–H and O–H groups in total. The number of nitrogens with zero attached hydrogens (tertiary/aromatic N) is 2. The first-order valence-electron chi connectivity index (χ1n) is 9.26. The third-order valence-electron chi connectivity index (χ3n) is 4.87. The Labute approximate surface area is 169 Å². The number of alkyl halides is 3. The van der Waals surface area contributed by atoms with Crippen LogP contribution in [0.2, 0.25) is 0 Å². The fourth-order valence-corrected chi connectivity index (χ4v) is 3.18. The fourth-order valence-electron chi connectivity index (χ4n) is 3.18. The minimum Gasteiger partial charge on any atom is -0.322 e. The molecule has 0 radical (unpaired) electrons. The van der Waals surface area contributed by atoms with Gasteiger partial charge in [-0.2, -0.15) is 13.2 Å². The van der Waals surface area contributed by atoms with Crippen molar-refractivity contribution in [3.63, 3.8) is 0 Å². The smallest absolute Gasteiger partial charge is 0.322 e. The molecule has 0 saturated heterocycles. The molecule has 1 saturated carbocycles. The van der Waals surface area contributed by atoms with Crippen molar-refractivity contribution in [1.29, 1.82) is 0 Å². The molecular weight excluding hydrogens is 397 g/mol. The van der Waals surface area contributed by atoms with Crippen molar-refractivity contribution in [3.05, 3.63) is 64.3 Å². The number of aromatic nitrogens is 3. The Bertz CT molecular complexity index is 1180. The average molecular weight is 414 g/mol. The van der Waals surface area contributed by atoms with Gasteiger partial charge in [0.1, 0.15) is 5.82 Å². The van der Waals surface area contributed by atoms with Crippen LogP contribution in [0.15, 0.2) is 47.7 Å². The highest BCUT2D eigenvalue weighted by atomic mass is 19.4. The molecule has 1 amide bonds. The second-order valence-corrected chi connectivity index (χ2v) is 7.21. The van der Waals surface area contributed by atoms with Crippen LogP contribution in [0.25, 0.3) is 22.4 Å². The monoisotopic (exact) mass is 414 g/mol. The van der Waals surface area contributed by atoms with Gasteiger partial charge in [-0.25, -0.2) is 4.98 Å². The highest BCUT2D eigenvalue weighted by Gasteiger charge is 2.34. The van der Waals surface area contributed by atoms with E-state index in [4.69, 9.17) is 0 Å². The number of aromatic amines is 1. The van der Waals surface area contributed by atoms with Gasteiger partial charge in [0.15, 0.2) is 0 Å². The van der Waals surface area contributed by atoms with E-state index in [2.05, 4.69) is 20.3 Å². The highest BCUT2D eigenvalue weighted by Crippen LogP contribution is 2.37. The lowest BCUT2D eigenvalue weighted by atomic mass is 9.99. The summed E-state index contributed by atoms with van der Waals surface area (Å²) in [6.45, 7) is 1.76. The van der Waals surface area contributed by atoms with Crippen molar-refractivity contribution >= 4 is 11.7 Å². The summed E-state index contributed by atoms with van der Waals surface area (Å²) < 4.78 is 40.2. The van der Waals surface area contributed by atoms with Gasteiger partial charge in [-0.1, -0.05) is 0 Å². The van der Waals surface area contributed by atoms with Crippen molar-refractivity contribution in [2.75, 3.05) is 5.32 Å². The first-order valence-corrected chi connectivity index (χ1v) is 9.26. The number of amides is 1. The van der Waals surface area contributed by atoms with Crippen LogP contribution in [0, 0.1) is 12.8 Å². The number of carbonyl (C=O) groups is 1. The molecule has 1 fully saturated rings. The summed E-state index contributed by atoms with van der Waals surface area (Å²) in [7, 11) is 0. The molecular formula is C21H17F3N4O2. The van der Waals surface area contributed by atoms with E-state index in [9.17, 15) is 22.8 Å². The van der Waals surface area contributed by atoms with Gasteiger partial charge in [0, 0.05) is 36.1 Å². The highest BCUT2D eigenvalue weighted by molar-refractivity contribution is 5.93. The molecule has 0 atom stereocenters. The zero-order valence-corrected chi connectivity index (χ0v) is 15.9. The Hall–Kier alpha value is -3.49. The Morgan fingerprint density at radius 1 is 1.17 bits per heavy atom. The van der Waals surface area contributed by atoms with Gasteiger partial charge >= 0.3 is 6.18 Å². The summed E-state index contributed by atoms with van der Waals surface area (Å²) in [5, 5.41) is 2.74. The summed E-state index contributed by atoms with van der Waals surface area (Å²) in [4.78, 5) is 34.7. The number of carbonyl (C=O) groups excluding carboxylic acids is 1. The molecule has 1 aliphatic carbocycles. The van der Waals surface area contributed by atoms with Gasteiger partial charge in [0.2, 0.25) is 11.5 Å². The molecule has 0 aliphatic heterocycles. The summed E-state index contributed by atoms with van der Waals surface area (Å²) >= 11 is 0. The van der Waals surface area contributed by atoms with Gasteiger partial charge in [-0.05, 0) is 54.7 Å². The number of hydrogen-bond donors (Lipinski definition) is 2. The molecule has 9 heteroatoms. The molecule has 3 aromatic heterocycles. The Morgan fingerprint density at radius 3 is 2.63 bits per heavy atom. The third kappa shape index (κ3) is 4.10. The van der Waals surface area contributed by atoms with Crippen LogP contribution in [0.1, 0.15) is 24.0 Å². The molecule has 154 valence electrons. The van der Waals surface area contributed by atoms with Crippen molar-refractivity contribution in [2.45, 2.75) is 25.9 Å². The number of hydrogen-bond acceptors (Lipinski definition) is 4. The fraction of sp³-hybridized carbons (Fsp3) is 0.238. The summed E-state index contributed by atoms with van der Waals surface area (Å²) in [5.74, 6) is 0.204. The molecule has 0 aromatic carbocycles. The van der Waals surface area contributed by atoms with Crippen LogP contribution in [-0.4, -0.2) is 20.9 Å². The van der Waals surface area contributed by atoms with E-state index in [1.54, 1.807) is 19.2 Å². The van der Waals surface area contributed by atoms with Crippen LogP contribution in [0.4, 0.5) is 19.0 Å². The SMILES string of the molecule is Cc1cnc(NC(=O)C2CC2)cc1-c1cc(-c2cnccc2C(F)(F)F)[nH]c(=O)c1.